The van der Waals surface area contributed by atoms with Crippen molar-refractivity contribution in [3.05, 3.63) is 0 Å². The van der Waals surface area contributed by atoms with E-state index in [0.717, 1.165) is 6.92 Å². The number of hydrogen-bond acceptors (Lipinski definition) is 2. The molecule has 0 aromatic rings. The number of aliphatic hydroxyl groups excluding tert-OH is 2. The molecule has 2 N–H and O–H groups in total. The molecule has 0 heterocycles. The van der Waals surface area contributed by atoms with Crippen molar-refractivity contribution in [2.45, 2.75) is 32.0 Å². The van der Waals surface area contributed by atoms with Crippen molar-refractivity contribution in [2.24, 2.45) is 0 Å². The molecule has 0 rings (SSSR count). The van der Waals surface area contributed by atoms with Crippen molar-refractivity contribution in [1.82, 2.24) is 0 Å². The maximum atomic E-state index is 12.0. The lowest BCUT2D eigenvalue weighted by atomic mass is 10.1. The predicted octanol–water partition coefficient (Wildman–Crippen LogP) is 0.383. The molecule has 0 aromatic carbocycles. The summed E-state index contributed by atoms with van der Waals surface area (Å²) in [4.78, 5) is 0. The van der Waals surface area contributed by atoms with Crippen LogP contribution in [0.2, 0.25) is 0 Å². The van der Waals surface area contributed by atoms with Crippen LogP contribution in [0.5, 0.6) is 0 Å². The van der Waals surface area contributed by atoms with Crippen LogP contribution in [-0.4, -0.2) is 28.3 Å². The summed E-state index contributed by atoms with van der Waals surface area (Å²) in [7, 11) is 0. The van der Waals surface area contributed by atoms with E-state index in [2.05, 4.69) is 0 Å². The molecule has 0 aromatic heterocycles. The van der Waals surface area contributed by atoms with Gasteiger partial charge >= 0.3 is 0 Å². The van der Waals surface area contributed by atoms with Crippen molar-refractivity contribution in [3.63, 3.8) is 0 Å². The van der Waals surface area contributed by atoms with Crippen molar-refractivity contribution in [1.29, 1.82) is 0 Å². The van der Waals surface area contributed by atoms with Gasteiger partial charge in [-0.05, 0) is 6.92 Å². The summed E-state index contributed by atoms with van der Waals surface area (Å²) >= 11 is 0. The molecule has 0 fully saturated rings. The number of rotatable bonds is 2. The Balaban J connectivity index is 3.88. The molecule has 0 radical (unpaired) electrons. The number of hydrogen-bond donors (Lipinski definition) is 2. The van der Waals surface area contributed by atoms with Gasteiger partial charge in [0, 0.05) is 6.92 Å². The molecule has 0 amide bonds. The molecule has 2 unspecified atom stereocenters. The van der Waals surface area contributed by atoms with Gasteiger partial charge in [0.2, 0.25) is 0 Å². The van der Waals surface area contributed by atoms with E-state index in [1.54, 1.807) is 0 Å². The van der Waals surface area contributed by atoms with E-state index in [0.29, 0.717) is 6.92 Å². The van der Waals surface area contributed by atoms with Gasteiger partial charge in [-0.1, -0.05) is 0 Å². The summed E-state index contributed by atoms with van der Waals surface area (Å²) in [6.07, 6.45) is -3.34. The number of halogens is 2. The SMILES string of the molecule is CC(O)C(O)C(C)(F)F. The van der Waals surface area contributed by atoms with Crippen LogP contribution in [0.4, 0.5) is 8.78 Å². The second kappa shape index (κ2) is 2.58. The Hall–Kier alpha value is -0.220. The van der Waals surface area contributed by atoms with Crippen LogP contribution >= 0.6 is 0 Å². The van der Waals surface area contributed by atoms with E-state index in [1.807, 2.05) is 0 Å². The molecule has 0 bridgehead atoms. The molecule has 0 aliphatic heterocycles. The molecule has 56 valence electrons. The average Bonchev–Trinajstić information content (AvgIpc) is 1.62. The summed E-state index contributed by atoms with van der Waals surface area (Å²) in [5.41, 5.74) is 0. The quantitative estimate of drug-likeness (QED) is 0.582. The Labute approximate surface area is 52.1 Å². The molecule has 0 spiro atoms. The van der Waals surface area contributed by atoms with E-state index in [1.165, 1.54) is 0 Å². The van der Waals surface area contributed by atoms with Gasteiger partial charge in [0.15, 0.2) is 0 Å². The maximum Gasteiger partial charge on any atom is 0.273 e. The minimum absolute atomic E-state index is 0.560. The van der Waals surface area contributed by atoms with E-state index in [4.69, 9.17) is 10.2 Å². The van der Waals surface area contributed by atoms with Gasteiger partial charge in [-0.15, -0.1) is 0 Å². The number of alkyl halides is 2. The van der Waals surface area contributed by atoms with Crippen molar-refractivity contribution in [2.75, 3.05) is 0 Å². The highest BCUT2D eigenvalue weighted by Gasteiger charge is 2.35. The van der Waals surface area contributed by atoms with Crippen LogP contribution in [0.15, 0.2) is 0 Å². The monoisotopic (exact) mass is 140 g/mol. The molecule has 4 heteroatoms. The molecule has 0 aliphatic rings. The molecular formula is C5H10F2O2. The van der Waals surface area contributed by atoms with E-state index in [9.17, 15) is 8.78 Å². The third-order valence-corrected chi connectivity index (χ3v) is 0.976. The van der Waals surface area contributed by atoms with Gasteiger partial charge < -0.3 is 10.2 Å². The molecule has 2 nitrogen and oxygen atoms in total. The predicted molar refractivity (Wildman–Crippen MR) is 28.3 cm³/mol. The molecule has 0 aliphatic carbocycles. The second-order valence-corrected chi connectivity index (χ2v) is 2.14. The minimum atomic E-state index is -3.21. The lowest BCUT2D eigenvalue weighted by Gasteiger charge is -2.19. The standard InChI is InChI=1S/C5H10F2O2/c1-3(8)4(9)5(2,6)7/h3-4,8-9H,1-2H3. The first-order chi connectivity index (χ1) is 3.85. The van der Waals surface area contributed by atoms with E-state index in [-0.39, 0.29) is 0 Å². The third-order valence-electron chi connectivity index (χ3n) is 0.976. The zero-order valence-electron chi connectivity index (χ0n) is 5.31. The highest BCUT2D eigenvalue weighted by molar-refractivity contribution is 4.74. The lowest BCUT2D eigenvalue weighted by molar-refractivity contribution is -0.135. The average molecular weight is 140 g/mol. The van der Waals surface area contributed by atoms with Gasteiger partial charge in [-0.2, -0.15) is 0 Å². The van der Waals surface area contributed by atoms with Crippen molar-refractivity contribution in [3.8, 4) is 0 Å². The molecule has 9 heavy (non-hydrogen) atoms. The minimum Gasteiger partial charge on any atom is -0.390 e. The fourth-order valence-electron chi connectivity index (χ4n) is 0.424. The van der Waals surface area contributed by atoms with E-state index < -0.39 is 18.1 Å². The Morgan fingerprint density at radius 1 is 1.33 bits per heavy atom. The molecule has 0 saturated carbocycles. The number of aliphatic hydroxyl groups is 2. The van der Waals surface area contributed by atoms with Crippen molar-refractivity contribution < 1.29 is 19.0 Å². The first-order valence-electron chi connectivity index (χ1n) is 2.59. The van der Waals surface area contributed by atoms with Gasteiger partial charge in [0.25, 0.3) is 5.92 Å². The summed E-state index contributed by atoms with van der Waals surface area (Å²) in [6.45, 7) is 1.67. The Bertz CT molecular complexity index is 87.4. The van der Waals surface area contributed by atoms with Crippen LogP contribution in [0.1, 0.15) is 13.8 Å². The fraction of sp³-hybridized carbons (Fsp3) is 1.00. The second-order valence-electron chi connectivity index (χ2n) is 2.14. The Morgan fingerprint density at radius 3 is 1.67 bits per heavy atom. The third kappa shape index (κ3) is 2.72. The van der Waals surface area contributed by atoms with Gasteiger partial charge in [0.1, 0.15) is 6.10 Å². The van der Waals surface area contributed by atoms with Crippen LogP contribution in [0.3, 0.4) is 0 Å². The van der Waals surface area contributed by atoms with Gasteiger partial charge in [-0.3, -0.25) is 0 Å². The van der Waals surface area contributed by atoms with Crippen molar-refractivity contribution >= 4 is 0 Å². The fourth-order valence-corrected chi connectivity index (χ4v) is 0.424. The van der Waals surface area contributed by atoms with E-state index >= 15 is 0 Å². The summed E-state index contributed by atoms with van der Waals surface area (Å²) in [5.74, 6) is -3.21. The van der Waals surface area contributed by atoms with Crippen LogP contribution in [-0.2, 0) is 0 Å². The van der Waals surface area contributed by atoms with Crippen LogP contribution in [0, 0.1) is 0 Å². The first-order valence-corrected chi connectivity index (χ1v) is 2.59. The topological polar surface area (TPSA) is 40.5 Å². The summed E-state index contributed by atoms with van der Waals surface area (Å²) < 4.78 is 23.9. The normalized spacial score (nSPS) is 19.3. The highest BCUT2D eigenvalue weighted by atomic mass is 19.3. The zero-order chi connectivity index (χ0) is 7.65. The first kappa shape index (κ1) is 8.78. The van der Waals surface area contributed by atoms with Gasteiger partial charge in [0.05, 0.1) is 6.10 Å². The lowest BCUT2D eigenvalue weighted by Crippen LogP contribution is -2.38. The van der Waals surface area contributed by atoms with Gasteiger partial charge in [-0.25, -0.2) is 8.78 Å². The molecular weight excluding hydrogens is 130 g/mol. The highest BCUT2D eigenvalue weighted by Crippen LogP contribution is 2.19. The Kier molecular flexibility index (Phi) is 2.51. The largest absolute Gasteiger partial charge is 0.390 e. The zero-order valence-corrected chi connectivity index (χ0v) is 5.31. The maximum absolute atomic E-state index is 12.0. The smallest absolute Gasteiger partial charge is 0.273 e. The van der Waals surface area contributed by atoms with Crippen LogP contribution in [0.25, 0.3) is 0 Å². The molecule has 2 atom stereocenters. The summed E-state index contributed by atoms with van der Waals surface area (Å²) in [6, 6.07) is 0. The summed E-state index contributed by atoms with van der Waals surface area (Å²) in [5, 5.41) is 16.9. The van der Waals surface area contributed by atoms with Crippen LogP contribution < -0.4 is 0 Å². The Morgan fingerprint density at radius 2 is 1.67 bits per heavy atom. The molecule has 0 saturated heterocycles.